The van der Waals surface area contributed by atoms with E-state index in [0.29, 0.717) is 12.5 Å². The predicted molar refractivity (Wildman–Crippen MR) is 87.7 cm³/mol. The smallest absolute Gasteiger partial charge is 0.239 e. The number of fused-ring (bicyclic) bond motifs is 1. The molecule has 1 aromatic carbocycles. The number of aromatic nitrogens is 2. The van der Waals surface area contributed by atoms with Gasteiger partial charge in [-0.15, -0.1) is 0 Å². The lowest BCUT2D eigenvalue weighted by molar-refractivity contribution is -0.123. The van der Waals surface area contributed by atoms with E-state index in [0.717, 1.165) is 24.2 Å². The highest BCUT2D eigenvalue weighted by Gasteiger charge is 2.34. The Bertz CT molecular complexity index is 733. The first-order chi connectivity index (χ1) is 11.1. The van der Waals surface area contributed by atoms with Crippen LogP contribution in [0.3, 0.4) is 0 Å². The number of carbonyl (C=O) groups is 1. The van der Waals surface area contributed by atoms with Crippen molar-refractivity contribution in [3.8, 4) is 0 Å². The minimum atomic E-state index is -0.379. The van der Waals surface area contributed by atoms with E-state index in [9.17, 15) is 4.79 Å². The summed E-state index contributed by atoms with van der Waals surface area (Å²) in [6.45, 7) is 1.53. The minimum absolute atomic E-state index is 0.294. The molecular formula is C18H22N4O. The van der Waals surface area contributed by atoms with Gasteiger partial charge in [-0.3, -0.25) is 9.69 Å². The van der Waals surface area contributed by atoms with Crippen molar-refractivity contribution >= 4 is 5.91 Å². The van der Waals surface area contributed by atoms with E-state index in [2.05, 4.69) is 16.5 Å². The van der Waals surface area contributed by atoms with E-state index in [-0.39, 0.29) is 11.9 Å². The number of hydrogen-bond donors (Lipinski definition) is 1. The number of nitrogens with two attached hydrogens (primary N) is 1. The molecule has 0 saturated heterocycles. The summed E-state index contributed by atoms with van der Waals surface area (Å²) in [5.41, 5.74) is 9.10. The molecule has 1 atom stereocenters. The topological polar surface area (TPSA) is 64.2 Å². The van der Waals surface area contributed by atoms with Gasteiger partial charge in [-0.1, -0.05) is 30.3 Å². The maximum absolute atomic E-state index is 12.1. The Morgan fingerprint density at radius 3 is 2.70 bits per heavy atom. The highest BCUT2D eigenvalue weighted by molar-refractivity contribution is 5.81. The second-order valence-electron chi connectivity index (χ2n) is 6.63. The van der Waals surface area contributed by atoms with Crippen LogP contribution in [0.15, 0.2) is 30.3 Å². The first-order valence-electron chi connectivity index (χ1n) is 8.28. The summed E-state index contributed by atoms with van der Waals surface area (Å²) in [7, 11) is 2.12. The summed E-state index contributed by atoms with van der Waals surface area (Å²) >= 11 is 0. The third-order valence-corrected chi connectivity index (χ3v) is 5.01. The molecule has 0 spiro atoms. The van der Waals surface area contributed by atoms with Gasteiger partial charge in [0.05, 0.1) is 5.69 Å². The molecule has 1 fully saturated rings. The number of carbonyl (C=O) groups excluding carboxylic acids is 1. The summed E-state index contributed by atoms with van der Waals surface area (Å²) in [6, 6.07) is 9.42. The van der Waals surface area contributed by atoms with Gasteiger partial charge in [0.25, 0.3) is 0 Å². The summed E-state index contributed by atoms with van der Waals surface area (Å²) in [4.78, 5) is 19.1. The highest BCUT2D eigenvalue weighted by atomic mass is 16.1. The zero-order chi connectivity index (χ0) is 16.0. The molecule has 120 valence electrons. The molecule has 0 unspecified atom stereocenters. The third-order valence-electron chi connectivity index (χ3n) is 5.01. The van der Waals surface area contributed by atoms with Gasteiger partial charge in [-0.25, -0.2) is 4.98 Å². The van der Waals surface area contributed by atoms with Gasteiger partial charge in [-0.05, 0) is 18.4 Å². The number of benzene rings is 1. The van der Waals surface area contributed by atoms with Crippen molar-refractivity contribution < 1.29 is 4.79 Å². The van der Waals surface area contributed by atoms with Crippen LogP contribution in [0, 0.1) is 0 Å². The summed E-state index contributed by atoms with van der Waals surface area (Å²) in [5, 5.41) is 0. The number of amides is 1. The van der Waals surface area contributed by atoms with Crippen LogP contribution in [0.1, 0.15) is 47.6 Å². The third kappa shape index (κ3) is 2.55. The lowest BCUT2D eigenvalue weighted by atomic mass is 10.0. The SMILES string of the molecule is Cn1c(C2CC2)nc2c1CCN([C@@H](C(N)=O)c1ccccc1)C2. The first kappa shape index (κ1) is 14.5. The summed E-state index contributed by atoms with van der Waals surface area (Å²) in [6.07, 6.45) is 3.42. The lowest BCUT2D eigenvalue weighted by Gasteiger charge is -2.32. The molecule has 1 aliphatic carbocycles. The summed E-state index contributed by atoms with van der Waals surface area (Å²) < 4.78 is 2.27. The van der Waals surface area contributed by atoms with Crippen LogP contribution in [-0.2, 0) is 24.8 Å². The monoisotopic (exact) mass is 310 g/mol. The Labute approximate surface area is 136 Å². The molecule has 1 saturated carbocycles. The largest absolute Gasteiger partial charge is 0.368 e. The first-order valence-corrected chi connectivity index (χ1v) is 8.28. The molecule has 2 heterocycles. The number of imidazole rings is 1. The number of hydrogen-bond acceptors (Lipinski definition) is 3. The lowest BCUT2D eigenvalue weighted by Crippen LogP contribution is -2.41. The van der Waals surface area contributed by atoms with Crippen molar-refractivity contribution in [2.45, 2.75) is 37.8 Å². The van der Waals surface area contributed by atoms with Crippen molar-refractivity contribution in [2.24, 2.45) is 12.8 Å². The molecular weight excluding hydrogens is 288 g/mol. The molecule has 23 heavy (non-hydrogen) atoms. The zero-order valence-corrected chi connectivity index (χ0v) is 13.4. The Morgan fingerprint density at radius 1 is 1.30 bits per heavy atom. The van der Waals surface area contributed by atoms with E-state index < -0.39 is 0 Å². The second-order valence-corrected chi connectivity index (χ2v) is 6.63. The fourth-order valence-electron chi connectivity index (χ4n) is 3.69. The van der Waals surface area contributed by atoms with Crippen molar-refractivity contribution in [3.63, 3.8) is 0 Å². The van der Waals surface area contributed by atoms with Gasteiger partial charge in [-0.2, -0.15) is 0 Å². The fraction of sp³-hybridized carbons (Fsp3) is 0.444. The van der Waals surface area contributed by atoms with Gasteiger partial charge in [0.1, 0.15) is 11.9 Å². The number of nitrogens with zero attached hydrogens (tertiary/aromatic N) is 3. The van der Waals surface area contributed by atoms with Crippen molar-refractivity contribution in [2.75, 3.05) is 6.54 Å². The van der Waals surface area contributed by atoms with Gasteiger partial charge in [0.15, 0.2) is 0 Å². The highest BCUT2D eigenvalue weighted by Crippen LogP contribution is 2.40. The maximum Gasteiger partial charge on any atom is 0.239 e. The Hall–Kier alpha value is -2.14. The van der Waals surface area contributed by atoms with Crippen LogP contribution in [0.25, 0.3) is 0 Å². The van der Waals surface area contributed by atoms with Crippen molar-refractivity contribution in [3.05, 3.63) is 53.1 Å². The fourth-order valence-corrected chi connectivity index (χ4v) is 3.69. The van der Waals surface area contributed by atoms with Crippen LogP contribution in [0.5, 0.6) is 0 Å². The molecule has 1 amide bonds. The van der Waals surface area contributed by atoms with Gasteiger partial charge < -0.3 is 10.3 Å². The van der Waals surface area contributed by atoms with Crippen LogP contribution >= 0.6 is 0 Å². The molecule has 5 nitrogen and oxygen atoms in total. The average molecular weight is 310 g/mol. The van der Waals surface area contributed by atoms with Crippen LogP contribution in [-0.4, -0.2) is 26.9 Å². The van der Waals surface area contributed by atoms with E-state index in [1.807, 2.05) is 30.3 Å². The quantitative estimate of drug-likeness (QED) is 0.938. The van der Waals surface area contributed by atoms with Crippen LogP contribution in [0.2, 0.25) is 0 Å². The molecule has 2 N–H and O–H groups in total. The van der Waals surface area contributed by atoms with Gasteiger partial charge in [0.2, 0.25) is 5.91 Å². The van der Waals surface area contributed by atoms with E-state index in [1.165, 1.54) is 24.4 Å². The van der Waals surface area contributed by atoms with E-state index in [1.54, 1.807) is 0 Å². The minimum Gasteiger partial charge on any atom is -0.368 e. The Kier molecular flexibility index (Phi) is 3.45. The number of rotatable bonds is 4. The molecule has 5 heteroatoms. The maximum atomic E-state index is 12.1. The average Bonchev–Trinajstić information content (AvgIpc) is 3.33. The van der Waals surface area contributed by atoms with E-state index >= 15 is 0 Å². The van der Waals surface area contributed by atoms with Crippen molar-refractivity contribution in [1.82, 2.24) is 14.5 Å². The predicted octanol–water partition coefficient (Wildman–Crippen LogP) is 1.88. The van der Waals surface area contributed by atoms with Crippen molar-refractivity contribution in [1.29, 1.82) is 0 Å². The molecule has 1 aromatic heterocycles. The zero-order valence-electron chi connectivity index (χ0n) is 13.4. The Morgan fingerprint density at radius 2 is 2.04 bits per heavy atom. The standard InChI is InChI=1S/C18H22N4O/c1-21-15-9-10-22(11-14(15)20-18(21)13-7-8-13)16(17(19)23)12-5-3-2-4-6-12/h2-6,13,16H,7-11H2,1H3,(H2,19,23)/t16-/m1/s1. The van der Waals surface area contributed by atoms with Gasteiger partial charge >= 0.3 is 0 Å². The summed E-state index contributed by atoms with van der Waals surface area (Å²) in [5.74, 6) is 1.56. The normalized spacial score (nSPS) is 19.3. The second kappa shape index (κ2) is 5.49. The molecule has 0 bridgehead atoms. The molecule has 1 aliphatic heterocycles. The number of primary amides is 1. The molecule has 0 radical (unpaired) electrons. The molecule has 2 aliphatic rings. The van der Waals surface area contributed by atoms with Crippen LogP contribution in [0.4, 0.5) is 0 Å². The molecule has 4 rings (SSSR count). The van der Waals surface area contributed by atoms with Crippen LogP contribution < -0.4 is 5.73 Å². The van der Waals surface area contributed by atoms with Gasteiger partial charge in [0, 0.05) is 38.2 Å². The Balaban J connectivity index is 1.63. The van der Waals surface area contributed by atoms with E-state index in [4.69, 9.17) is 10.7 Å². The molecule has 2 aromatic rings.